The van der Waals surface area contributed by atoms with E-state index in [1.807, 2.05) is 57.2 Å². The van der Waals surface area contributed by atoms with Crippen molar-refractivity contribution in [3.05, 3.63) is 55.2 Å². The Morgan fingerprint density at radius 2 is 1.74 bits per heavy atom. The van der Waals surface area contributed by atoms with Gasteiger partial charge in [0.1, 0.15) is 5.82 Å². The largest absolute Gasteiger partial charge is 0.369 e. The summed E-state index contributed by atoms with van der Waals surface area (Å²) in [6.07, 6.45) is 12.7. The van der Waals surface area contributed by atoms with Crippen LogP contribution in [0.1, 0.15) is 26.2 Å². The molecule has 1 amide bonds. The number of aromatic nitrogens is 6. The summed E-state index contributed by atoms with van der Waals surface area (Å²) in [5.41, 5.74) is 4.90. The summed E-state index contributed by atoms with van der Waals surface area (Å²) in [6.45, 7) is 2.31. The van der Waals surface area contributed by atoms with Gasteiger partial charge in [-0.3, -0.25) is 14.2 Å². The SMILES string of the molecule is CC(=O)N[C@H]1CCC[C@@H]1CNc1nc(-c2cccc(-c3cnn(C)c3)c2)ncc1-c1cnn(C)c1. The molecule has 0 aliphatic heterocycles. The predicted molar refractivity (Wildman–Crippen MR) is 135 cm³/mol. The Morgan fingerprint density at radius 1 is 1.00 bits per heavy atom. The fraction of sp³-hybridized carbons (Fsp3) is 0.346. The first kappa shape index (κ1) is 22.8. The molecule has 180 valence electrons. The Labute approximate surface area is 204 Å². The van der Waals surface area contributed by atoms with Crippen LogP contribution in [0.4, 0.5) is 5.82 Å². The molecule has 35 heavy (non-hydrogen) atoms. The molecule has 0 spiro atoms. The highest BCUT2D eigenvalue weighted by Crippen LogP contribution is 2.31. The van der Waals surface area contributed by atoms with E-state index in [0.29, 0.717) is 11.7 Å². The number of carbonyl (C=O) groups excluding carboxylic acids is 1. The number of hydrogen-bond donors (Lipinski definition) is 2. The van der Waals surface area contributed by atoms with Gasteiger partial charge in [0.2, 0.25) is 5.91 Å². The van der Waals surface area contributed by atoms with Gasteiger partial charge in [-0.2, -0.15) is 10.2 Å². The van der Waals surface area contributed by atoms with E-state index in [0.717, 1.165) is 59.4 Å². The Balaban J connectivity index is 1.46. The van der Waals surface area contributed by atoms with E-state index in [2.05, 4.69) is 33.0 Å². The summed E-state index contributed by atoms with van der Waals surface area (Å²) in [5.74, 6) is 1.79. The van der Waals surface area contributed by atoms with Crippen LogP contribution in [0.2, 0.25) is 0 Å². The molecule has 9 nitrogen and oxygen atoms in total. The number of anilines is 1. The van der Waals surface area contributed by atoms with Gasteiger partial charge in [-0.15, -0.1) is 0 Å². The van der Waals surface area contributed by atoms with Crippen molar-refractivity contribution in [2.75, 3.05) is 11.9 Å². The van der Waals surface area contributed by atoms with Crippen molar-refractivity contribution < 1.29 is 4.79 Å². The minimum Gasteiger partial charge on any atom is -0.369 e. The number of amides is 1. The first-order chi connectivity index (χ1) is 17.0. The van der Waals surface area contributed by atoms with Crippen molar-refractivity contribution in [1.82, 2.24) is 34.8 Å². The lowest BCUT2D eigenvalue weighted by Gasteiger charge is -2.21. The van der Waals surface area contributed by atoms with Crippen LogP contribution in [-0.2, 0) is 18.9 Å². The number of nitrogens with one attached hydrogen (secondary N) is 2. The van der Waals surface area contributed by atoms with Gasteiger partial charge in [0.25, 0.3) is 0 Å². The Hall–Kier alpha value is -4.01. The average Bonchev–Trinajstić information content (AvgIpc) is 3.59. The predicted octanol–water partition coefficient (Wildman–Crippen LogP) is 3.66. The third kappa shape index (κ3) is 5.08. The third-order valence-electron chi connectivity index (χ3n) is 6.54. The van der Waals surface area contributed by atoms with Crippen molar-refractivity contribution in [3.8, 4) is 33.6 Å². The summed E-state index contributed by atoms with van der Waals surface area (Å²) in [7, 11) is 3.80. The number of benzene rings is 1. The molecular weight excluding hydrogens is 440 g/mol. The highest BCUT2D eigenvalue weighted by atomic mass is 16.1. The van der Waals surface area contributed by atoms with Crippen LogP contribution in [0.3, 0.4) is 0 Å². The summed E-state index contributed by atoms with van der Waals surface area (Å²) >= 11 is 0. The maximum Gasteiger partial charge on any atom is 0.217 e. The summed E-state index contributed by atoms with van der Waals surface area (Å²) in [4.78, 5) is 21.3. The van der Waals surface area contributed by atoms with Crippen molar-refractivity contribution in [2.24, 2.45) is 20.0 Å². The van der Waals surface area contributed by atoms with Crippen molar-refractivity contribution >= 4 is 11.7 Å². The molecule has 1 fully saturated rings. The standard InChI is InChI=1S/C26H30N8O/c1-17(35)31-24-9-5-8-20(24)11-27-26-23(22-13-30-34(3)16-22)14-28-25(32-26)19-7-4-6-18(10-19)21-12-29-33(2)15-21/h4,6-7,10,12-16,20,24H,5,8-9,11H2,1-3H3,(H,31,35)(H,27,28,32)/t20-,24+/m1/s1. The van der Waals surface area contributed by atoms with Crippen molar-refractivity contribution in [1.29, 1.82) is 0 Å². The van der Waals surface area contributed by atoms with Gasteiger partial charge in [-0.25, -0.2) is 9.97 Å². The van der Waals surface area contributed by atoms with E-state index in [1.54, 1.807) is 16.3 Å². The minimum absolute atomic E-state index is 0.0239. The van der Waals surface area contributed by atoms with Crippen LogP contribution >= 0.6 is 0 Å². The monoisotopic (exact) mass is 470 g/mol. The Kier molecular flexibility index (Phi) is 6.31. The van der Waals surface area contributed by atoms with Crippen molar-refractivity contribution in [3.63, 3.8) is 0 Å². The molecular formula is C26H30N8O. The van der Waals surface area contributed by atoms with Gasteiger partial charge in [-0.1, -0.05) is 24.6 Å². The third-order valence-corrected chi connectivity index (χ3v) is 6.54. The Morgan fingerprint density at radius 3 is 2.46 bits per heavy atom. The van der Waals surface area contributed by atoms with Gasteiger partial charge in [0, 0.05) is 74.5 Å². The second-order valence-electron chi connectivity index (χ2n) is 9.22. The molecule has 1 aromatic carbocycles. The van der Waals surface area contributed by atoms with E-state index in [-0.39, 0.29) is 11.9 Å². The van der Waals surface area contributed by atoms with Gasteiger partial charge < -0.3 is 10.6 Å². The van der Waals surface area contributed by atoms with Crippen molar-refractivity contribution in [2.45, 2.75) is 32.2 Å². The van der Waals surface area contributed by atoms with E-state index in [1.165, 1.54) is 0 Å². The van der Waals surface area contributed by atoms with Crippen LogP contribution in [0.15, 0.2) is 55.2 Å². The van der Waals surface area contributed by atoms with E-state index in [9.17, 15) is 4.79 Å². The smallest absolute Gasteiger partial charge is 0.217 e. The van der Waals surface area contributed by atoms with E-state index < -0.39 is 0 Å². The van der Waals surface area contributed by atoms with Gasteiger partial charge in [0.15, 0.2) is 5.82 Å². The summed E-state index contributed by atoms with van der Waals surface area (Å²) in [6, 6.07) is 8.38. The molecule has 2 N–H and O–H groups in total. The number of rotatable bonds is 7. The quantitative estimate of drug-likeness (QED) is 0.427. The van der Waals surface area contributed by atoms with E-state index in [4.69, 9.17) is 9.97 Å². The molecule has 3 heterocycles. The number of nitrogens with zero attached hydrogens (tertiary/aromatic N) is 6. The molecule has 0 unspecified atom stereocenters. The zero-order valence-electron chi connectivity index (χ0n) is 20.3. The maximum atomic E-state index is 11.6. The van der Waals surface area contributed by atoms with Crippen LogP contribution in [0.25, 0.3) is 33.6 Å². The molecule has 2 atom stereocenters. The Bertz CT molecular complexity index is 1340. The zero-order valence-corrected chi connectivity index (χ0v) is 20.3. The maximum absolute atomic E-state index is 11.6. The molecule has 0 bridgehead atoms. The second kappa shape index (κ2) is 9.69. The van der Waals surface area contributed by atoms with Crippen LogP contribution < -0.4 is 10.6 Å². The zero-order chi connectivity index (χ0) is 24.4. The lowest BCUT2D eigenvalue weighted by molar-refractivity contribution is -0.119. The molecule has 1 aliphatic rings. The van der Waals surface area contributed by atoms with Gasteiger partial charge in [-0.05, 0) is 30.4 Å². The second-order valence-corrected chi connectivity index (χ2v) is 9.22. The number of hydrogen-bond acceptors (Lipinski definition) is 6. The molecule has 1 saturated carbocycles. The van der Waals surface area contributed by atoms with Crippen LogP contribution in [0.5, 0.6) is 0 Å². The summed E-state index contributed by atoms with van der Waals surface area (Å²) < 4.78 is 3.56. The first-order valence-electron chi connectivity index (χ1n) is 11.9. The number of carbonyl (C=O) groups is 1. The lowest BCUT2D eigenvalue weighted by atomic mass is 10.0. The van der Waals surface area contributed by atoms with Gasteiger partial charge >= 0.3 is 0 Å². The highest BCUT2D eigenvalue weighted by molar-refractivity contribution is 5.77. The first-order valence-corrected chi connectivity index (χ1v) is 11.9. The minimum atomic E-state index is 0.0239. The lowest BCUT2D eigenvalue weighted by Crippen LogP contribution is -2.38. The highest BCUT2D eigenvalue weighted by Gasteiger charge is 2.28. The normalized spacial score (nSPS) is 17.5. The fourth-order valence-electron chi connectivity index (χ4n) is 4.80. The molecule has 5 rings (SSSR count). The molecule has 1 aliphatic carbocycles. The topological polar surface area (TPSA) is 103 Å². The molecule has 3 aromatic heterocycles. The average molecular weight is 471 g/mol. The summed E-state index contributed by atoms with van der Waals surface area (Å²) in [5, 5.41) is 15.3. The van der Waals surface area contributed by atoms with Crippen LogP contribution in [-0.4, -0.2) is 48.0 Å². The molecule has 9 heteroatoms. The molecule has 0 saturated heterocycles. The van der Waals surface area contributed by atoms with Gasteiger partial charge in [0.05, 0.1) is 12.4 Å². The fourth-order valence-corrected chi connectivity index (χ4v) is 4.80. The van der Waals surface area contributed by atoms with Crippen LogP contribution in [0, 0.1) is 5.92 Å². The van der Waals surface area contributed by atoms with E-state index >= 15 is 0 Å². The number of aryl methyl sites for hydroxylation is 2. The molecule has 4 aromatic rings. The molecule has 0 radical (unpaired) electrons.